The summed E-state index contributed by atoms with van der Waals surface area (Å²) < 4.78 is 0. The Morgan fingerprint density at radius 3 is 2.10 bits per heavy atom. The van der Waals surface area contributed by atoms with E-state index in [0.29, 0.717) is 0 Å². The van der Waals surface area contributed by atoms with Gasteiger partial charge < -0.3 is 0 Å². The molecule has 1 aromatic rings. The summed E-state index contributed by atoms with van der Waals surface area (Å²) in [6.07, 6.45) is 10.1. The molecular formula is C18H24N2. The van der Waals surface area contributed by atoms with Crippen molar-refractivity contribution in [1.29, 1.82) is 0 Å². The van der Waals surface area contributed by atoms with Crippen molar-refractivity contribution < 1.29 is 0 Å². The lowest BCUT2D eigenvalue weighted by Gasteiger charge is -2.66. The highest BCUT2D eigenvalue weighted by Crippen LogP contribution is 2.51. The molecule has 4 saturated heterocycles. The van der Waals surface area contributed by atoms with Crippen molar-refractivity contribution in [1.82, 2.24) is 10.0 Å². The summed E-state index contributed by atoms with van der Waals surface area (Å²) in [5, 5.41) is 5.72. The summed E-state index contributed by atoms with van der Waals surface area (Å²) in [6, 6.07) is 14.7. The Morgan fingerprint density at radius 1 is 0.700 bits per heavy atom. The zero-order chi connectivity index (χ0) is 13.1. The maximum Gasteiger partial charge on any atom is 0.0319 e. The smallest absolute Gasteiger partial charge is 0.0319 e. The monoisotopic (exact) mass is 268 g/mol. The second kappa shape index (κ2) is 4.32. The van der Waals surface area contributed by atoms with Gasteiger partial charge in [0.25, 0.3) is 0 Å². The molecule has 20 heavy (non-hydrogen) atoms. The summed E-state index contributed by atoms with van der Waals surface area (Å²) in [5.41, 5.74) is 1.59. The van der Waals surface area contributed by atoms with Gasteiger partial charge in [0.15, 0.2) is 0 Å². The molecule has 0 radical (unpaired) electrons. The average molecular weight is 268 g/mol. The fraction of sp³-hybridized carbons (Fsp3) is 0.667. The zero-order valence-electron chi connectivity index (χ0n) is 12.1. The molecule has 6 fully saturated rings. The molecule has 1 aromatic carbocycles. The largest absolute Gasteiger partial charge is 0.235 e. The van der Waals surface area contributed by atoms with Gasteiger partial charge in [-0.1, -0.05) is 30.3 Å². The molecule has 2 unspecified atom stereocenters. The molecule has 106 valence electrons. The Morgan fingerprint density at radius 2 is 1.35 bits per heavy atom. The number of nitrogens with zero attached hydrogens (tertiary/aromatic N) is 2. The van der Waals surface area contributed by atoms with Gasteiger partial charge in [-0.05, 0) is 50.5 Å². The molecular weight excluding hydrogens is 244 g/mol. The van der Waals surface area contributed by atoms with Crippen molar-refractivity contribution in [3.8, 4) is 0 Å². The quantitative estimate of drug-likeness (QED) is 0.768. The van der Waals surface area contributed by atoms with Gasteiger partial charge in [0.05, 0.1) is 0 Å². The predicted octanol–water partition coefficient (Wildman–Crippen LogP) is 3.55. The first-order chi connectivity index (χ1) is 9.92. The van der Waals surface area contributed by atoms with Crippen LogP contribution >= 0.6 is 0 Å². The van der Waals surface area contributed by atoms with Crippen LogP contribution in [0, 0.1) is 0 Å². The first-order valence-electron chi connectivity index (χ1n) is 8.53. The molecule has 2 nitrogen and oxygen atoms in total. The number of hydrogen-bond donors (Lipinski definition) is 0. The molecule has 7 rings (SSSR count). The van der Waals surface area contributed by atoms with Gasteiger partial charge in [-0.25, -0.2) is 10.0 Å². The summed E-state index contributed by atoms with van der Waals surface area (Å²) in [6.45, 7) is 0. The van der Waals surface area contributed by atoms with Crippen molar-refractivity contribution in [3.05, 3.63) is 35.9 Å². The first kappa shape index (κ1) is 11.8. The molecule has 6 aliphatic rings. The first-order valence-corrected chi connectivity index (χ1v) is 8.53. The summed E-state index contributed by atoms with van der Waals surface area (Å²) in [7, 11) is 0. The van der Waals surface area contributed by atoms with Crippen LogP contribution in [0.3, 0.4) is 0 Å². The van der Waals surface area contributed by atoms with Crippen molar-refractivity contribution in [2.45, 2.75) is 75.0 Å². The fourth-order valence-electron chi connectivity index (χ4n) is 5.64. The molecule has 2 aliphatic carbocycles. The molecule has 2 saturated carbocycles. The van der Waals surface area contributed by atoms with Crippen LogP contribution in [0.2, 0.25) is 0 Å². The molecule has 0 amide bonds. The third-order valence-electron chi connectivity index (χ3n) is 6.41. The van der Waals surface area contributed by atoms with Gasteiger partial charge in [-0.15, -0.1) is 0 Å². The summed E-state index contributed by atoms with van der Waals surface area (Å²) in [4.78, 5) is 0. The van der Waals surface area contributed by atoms with Gasteiger partial charge >= 0.3 is 0 Å². The summed E-state index contributed by atoms with van der Waals surface area (Å²) >= 11 is 0. The average Bonchev–Trinajstić information content (AvgIpc) is 2.57. The molecule has 2 heteroatoms. The number of fused-ring (bicyclic) bond motifs is 4. The van der Waals surface area contributed by atoms with E-state index >= 15 is 0 Å². The molecule has 0 aromatic heterocycles. The van der Waals surface area contributed by atoms with Crippen LogP contribution in [0.15, 0.2) is 30.3 Å². The maximum absolute atomic E-state index is 2.87. The lowest BCUT2D eigenvalue weighted by Crippen LogP contribution is -2.73. The Hall–Kier alpha value is -0.860. The van der Waals surface area contributed by atoms with Gasteiger partial charge in [0.1, 0.15) is 0 Å². The van der Waals surface area contributed by atoms with E-state index in [1.807, 2.05) is 0 Å². The highest BCUT2D eigenvalue weighted by atomic mass is 15.7. The van der Waals surface area contributed by atoms with E-state index in [1.165, 1.54) is 44.9 Å². The topological polar surface area (TPSA) is 6.48 Å². The second-order valence-electron chi connectivity index (χ2n) is 7.27. The number of hydrazine groups is 1. The minimum absolute atomic E-state index is 0.783. The lowest BCUT2D eigenvalue weighted by molar-refractivity contribution is -0.253. The van der Waals surface area contributed by atoms with Crippen molar-refractivity contribution in [2.75, 3.05) is 0 Å². The van der Waals surface area contributed by atoms with Crippen LogP contribution < -0.4 is 0 Å². The van der Waals surface area contributed by atoms with Crippen molar-refractivity contribution in [3.63, 3.8) is 0 Å². The minimum Gasteiger partial charge on any atom is -0.235 e. The van der Waals surface area contributed by atoms with Crippen LogP contribution in [0.1, 0.15) is 56.4 Å². The number of rotatable bonds is 1. The van der Waals surface area contributed by atoms with Crippen molar-refractivity contribution in [2.24, 2.45) is 0 Å². The van der Waals surface area contributed by atoms with E-state index in [-0.39, 0.29) is 0 Å². The third kappa shape index (κ3) is 1.52. The summed E-state index contributed by atoms with van der Waals surface area (Å²) in [5.74, 6) is 0.783. The van der Waals surface area contributed by atoms with E-state index in [0.717, 1.165) is 30.1 Å². The lowest BCUT2D eigenvalue weighted by atomic mass is 9.71. The van der Waals surface area contributed by atoms with E-state index in [1.54, 1.807) is 5.56 Å². The van der Waals surface area contributed by atoms with E-state index in [4.69, 9.17) is 0 Å². The SMILES string of the molecule is c1ccc([C@H]2C[C@H]3CC[C@@H]2N2C4CCC(CC4)N32)cc1. The Bertz CT molecular complexity index is 491. The molecule has 0 N–H and O–H groups in total. The van der Waals surface area contributed by atoms with Gasteiger partial charge in [0, 0.05) is 30.1 Å². The fourth-order valence-corrected chi connectivity index (χ4v) is 5.64. The highest BCUT2D eigenvalue weighted by Gasteiger charge is 2.54. The van der Waals surface area contributed by atoms with Gasteiger partial charge in [0.2, 0.25) is 0 Å². The Balaban J connectivity index is 1.52. The predicted molar refractivity (Wildman–Crippen MR) is 80.3 cm³/mol. The highest BCUT2D eigenvalue weighted by molar-refractivity contribution is 5.24. The van der Waals surface area contributed by atoms with Crippen LogP contribution in [0.5, 0.6) is 0 Å². The van der Waals surface area contributed by atoms with Crippen molar-refractivity contribution >= 4 is 0 Å². The molecule has 0 spiro atoms. The maximum atomic E-state index is 2.87. The van der Waals surface area contributed by atoms with Crippen LogP contribution in [-0.4, -0.2) is 34.2 Å². The Labute approximate surface area is 121 Å². The third-order valence-corrected chi connectivity index (χ3v) is 6.41. The van der Waals surface area contributed by atoms with Crippen LogP contribution in [0.25, 0.3) is 0 Å². The minimum atomic E-state index is 0.783. The normalized spacial score (nSPS) is 49.1. The Kier molecular flexibility index (Phi) is 2.54. The number of benzene rings is 1. The van der Waals surface area contributed by atoms with E-state index in [2.05, 4.69) is 40.3 Å². The van der Waals surface area contributed by atoms with Crippen LogP contribution in [-0.2, 0) is 0 Å². The van der Waals surface area contributed by atoms with E-state index < -0.39 is 0 Å². The van der Waals surface area contributed by atoms with E-state index in [9.17, 15) is 0 Å². The van der Waals surface area contributed by atoms with Gasteiger partial charge in [-0.3, -0.25) is 0 Å². The molecule has 4 aliphatic heterocycles. The van der Waals surface area contributed by atoms with Gasteiger partial charge in [-0.2, -0.15) is 0 Å². The zero-order valence-corrected chi connectivity index (χ0v) is 12.1. The standard InChI is InChI=1S/C18H24N2/c1-2-4-13(5-3-1)17-12-16-10-11-18(17)20-15-8-6-14(7-9-15)19(16)20/h1-5,14-18H,6-12H2/t14?,15?,16-,17-,18+/m1/s1. The molecule has 4 heterocycles. The second-order valence-corrected chi connectivity index (χ2v) is 7.27. The number of hydrogen-bond acceptors (Lipinski definition) is 2. The molecule has 5 atom stereocenters. The van der Waals surface area contributed by atoms with Crippen LogP contribution in [0.4, 0.5) is 0 Å². The molecule has 4 bridgehead atoms.